The highest BCUT2D eigenvalue weighted by atomic mass is 79.9. The Morgan fingerprint density at radius 2 is 2.13 bits per heavy atom. The van der Waals surface area contributed by atoms with Crippen molar-refractivity contribution in [3.8, 4) is 5.75 Å². The minimum atomic E-state index is -0.574. The molecule has 6 nitrogen and oxygen atoms in total. The van der Waals surface area contributed by atoms with Gasteiger partial charge in [0.05, 0.1) is 29.8 Å². The second-order valence-corrected chi connectivity index (χ2v) is 5.95. The summed E-state index contributed by atoms with van der Waals surface area (Å²) in [6.45, 7) is 3.95. The van der Waals surface area contributed by atoms with Gasteiger partial charge in [-0.2, -0.15) is 0 Å². The van der Waals surface area contributed by atoms with E-state index in [1.54, 1.807) is 26.2 Å². The zero-order valence-electron chi connectivity index (χ0n) is 13.2. The Kier molecular flexibility index (Phi) is 5.65. The fourth-order valence-corrected chi connectivity index (χ4v) is 2.91. The largest absolute Gasteiger partial charge is 0.496 e. The smallest absolute Gasteiger partial charge is 0.338 e. The second kappa shape index (κ2) is 7.50. The van der Waals surface area contributed by atoms with Crippen LogP contribution in [0.5, 0.6) is 5.75 Å². The van der Waals surface area contributed by atoms with Crippen molar-refractivity contribution >= 4 is 27.9 Å². The highest BCUT2D eigenvalue weighted by Gasteiger charge is 2.32. The molecule has 2 amide bonds. The van der Waals surface area contributed by atoms with Crippen molar-refractivity contribution in [2.24, 2.45) is 0 Å². The summed E-state index contributed by atoms with van der Waals surface area (Å²) >= 11 is 3.42. The van der Waals surface area contributed by atoms with Crippen LogP contribution < -0.4 is 15.4 Å². The third kappa shape index (κ3) is 3.85. The number of hydrogen-bond donors (Lipinski definition) is 2. The molecule has 1 aromatic rings. The molecule has 0 saturated heterocycles. The van der Waals surface area contributed by atoms with E-state index in [1.807, 2.05) is 13.0 Å². The summed E-state index contributed by atoms with van der Waals surface area (Å²) in [4.78, 5) is 24.2. The molecule has 2 N–H and O–H groups in total. The maximum absolute atomic E-state index is 12.4. The van der Waals surface area contributed by atoms with E-state index < -0.39 is 12.0 Å². The molecule has 0 radical (unpaired) electrons. The maximum atomic E-state index is 12.4. The number of benzene rings is 1. The number of nitrogens with one attached hydrogen (secondary N) is 2. The Bertz CT molecular complexity index is 657. The molecule has 7 heteroatoms. The molecule has 1 aliphatic heterocycles. The lowest BCUT2D eigenvalue weighted by Crippen LogP contribution is -2.45. The number of amides is 2. The number of hydrogen-bond acceptors (Lipinski definition) is 4. The SMILES string of the molecule is CCCOC(=O)C1=C(C)NC(=O)N[C@H]1c1ccc(OC)c(Br)c1. The monoisotopic (exact) mass is 382 g/mol. The molecule has 0 saturated carbocycles. The van der Waals surface area contributed by atoms with Crippen LogP contribution in [0.2, 0.25) is 0 Å². The van der Waals surface area contributed by atoms with Gasteiger partial charge in [-0.15, -0.1) is 0 Å². The van der Waals surface area contributed by atoms with Crippen LogP contribution >= 0.6 is 15.9 Å². The normalized spacial score (nSPS) is 17.4. The van der Waals surface area contributed by atoms with Crippen molar-refractivity contribution in [3.63, 3.8) is 0 Å². The Hall–Kier alpha value is -2.02. The number of carbonyl (C=O) groups is 2. The van der Waals surface area contributed by atoms with Gasteiger partial charge >= 0.3 is 12.0 Å². The van der Waals surface area contributed by atoms with Gasteiger partial charge < -0.3 is 20.1 Å². The van der Waals surface area contributed by atoms with Crippen molar-refractivity contribution in [3.05, 3.63) is 39.5 Å². The summed E-state index contributed by atoms with van der Waals surface area (Å²) in [5.41, 5.74) is 1.65. The number of halogens is 1. The Labute approximate surface area is 143 Å². The standard InChI is InChI=1S/C16H19BrN2O4/c1-4-7-23-15(20)13-9(2)18-16(21)19-14(13)10-5-6-12(22-3)11(17)8-10/h5-6,8,14H,4,7H2,1-3H3,(H2,18,19,21)/t14-/m0/s1. The molecular weight excluding hydrogens is 364 g/mol. The predicted octanol–water partition coefficient (Wildman–Crippen LogP) is 3.04. The van der Waals surface area contributed by atoms with Gasteiger partial charge in [-0.05, 0) is 47.0 Å². The van der Waals surface area contributed by atoms with E-state index in [1.165, 1.54) is 0 Å². The minimum Gasteiger partial charge on any atom is -0.496 e. The number of esters is 1. The molecule has 1 heterocycles. The van der Waals surface area contributed by atoms with Gasteiger partial charge in [-0.1, -0.05) is 13.0 Å². The summed E-state index contributed by atoms with van der Waals surface area (Å²) < 4.78 is 11.2. The van der Waals surface area contributed by atoms with Crippen LogP contribution in [-0.4, -0.2) is 25.7 Å². The number of carbonyl (C=O) groups excluding carboxylic acids is 2. The average molecular weight is 383 g/mol. The molecule has 0 unspecified atom stereocenters. The van der Waals surface area contributed by atoms with E-state index in [-0.39, 0.29) is 6.03 Å². The molecule has 1 atom stereocenters. The van der Waals surface area contributed by atoms with Crippen LogP contribution in [0.25, 0.3) is 0 Å². The van der Waals surface area contributed by atoms with Crippen molar-refractivity contribution in [2.75, 3.05) is 13.7 Å². The first kappa shape index (κ1) is 17.3. The van der Waals surface area contributed by atoms with Crippen LogP contribution in [-0.2, 0) is 9.53 Å². The summed E-state index contributed by atoms with van der Waals surface area (Å²) in [6, 6.07) is 4.47. The highest BCUT2D eigenvalue weighted by molar-refractivity contribution is 9.10. The lowest BCUT2D eigenvalue weighted by molar-refractivity contribution is -0.139. The van der Waals surface area contributed by atoms with Gasteiger partial charge in [0.15, 0.2) is 0 Å². The molecule has 0 fully saturated rings. The second-order valence-electron chi connectivity index (χ2n) is 5.10. The van der Waals surface area contributed by atoms with Crippen molar-refractivity contribution in [1.29, 1.82) is 0 Å². The number of rotatable bonds is 5. The summed E-state index contributed by atoms with van der Waals surface area (Å²) in [7, 11) is 1.57. The fraction of sp³-hybridized carbons (Fsp3) is 0.375. The first-order valence-corrected chi connectivity index (χ1v) is 8.06. The van der Waals surface area contributed by atoms with Gasteiger partial charge in [-0.25, -0.2) is 9.59 Å². The van der Waals surface area contributed by atoms with E-state index >= 15 is 0 Å². The summed E-state index contributed by atoms with van der Waals surface area (Å²) in [5, 5.41) is 5.38. The lowest BCUT2D eigenvalue weighted by Gasteiger charge is -2.28. The topological polar surface area (TPSA) is 76.7 Å². The molecule has 0 spiro atoms. The third-order valence-corrected chi connectivity index (χ3v) is 4.06. The quantitative estimate of drug-likeness (QED) is 0.767. The molecule has 124 valence electrons. The number of methoxy groups -OCH3 is 1. The third-order valence-electron chi connectivity index (χ3n) is 3.44. The maximum Gasteiger partial charge on any atom is 0.338 e. The zero-order chi connectivity index (χ0) is 17.0. The van der Waals surface area contributed by atoms with E-state index in [4.69, 9.17) is 9.47 Å². The van der Waals surface area contributed by atoms with Gasteiger partial charge in [-0.3, -0.25) is 0 Å². The molecule has 0 aliphatic carbocycles. The highest BCUT2D eigenvalue weighted by Crippen LogP contribution is 2.33. The van der Waals surface area contributed by atoms with Crippen LogP contribution in [0.15, 0.2) is 33.9 Å². The van der Waals surface area contributed by atoms with Gasteiger partial charge in [0.2, 0.25) is 0 Å². The Morgan fingerprint density at radius 1 is 1.39 bits per heavy atom. The average Bonchev–Trinajstić information content (AvgIpc) is 2.51. The Morgan fingerprint density at radius 3 is 2.74 bits per heavy atom. The van der Waals surface area contributed by atoms with E-state index in [9.17, 15) is 9.59 Å². The Balaban J connectivity index is 2.40. The zero-order valence-corrected chi connectivity index (χ0v) is 14.8. The van der Waals surface area contributed by atoms with E-state index in [2.05, 4.69) is 26.6 Å². The van der Waals surface area contributed by atoms with Crippen LogP contribution in [0, 0.1) is 0 Å². The fourth-order valence-electron chi connectivity index (χ4n) is 2.35. The number of allylic oxidation sites excluding steroid dienone is 1. The lowest BCUT2D eigenvalue weighted by atomic mass is 9.95. The molecular formula is C16H19BrN2O4. The van der Waals surface area contributed by atoms with E-state index in [0.29, 0.717) is 23.6 Å². The first-order chi connectivity index (χ1) is 11.0. The molecule has 2 rings (SSSR count). The van der Waals surface area contributed by atoms with Gasteiger partial charge in [0, 0.05) is 5.70 Å². The summed E-state index contributed by atoms with van der Waals surface area (Å²) in [6.07, 6.45) is 0.733. The molecule has 1 aliphatic rings. The van der Waals surface area contributed by atoms with Crippen molar-refractivity contribution in [2.45, 2.75) is 26.3 Å². The van der Waals surface area contributed by atoms with E-state index in [0.717, 1.165) is 16.5 Å². The minimum absolute atomic E-state index is 0.336. The van der Waals surface area contributed by atoms with Crippen LogP contribution in [0.1, 0.15) is 31.9 Å². The molecule has 1 aromatic carbocycles. The first-order valence-electron chi connectivity index (χ1n) is 7.26. The van der Waals surface area contributed by atoms with Crippen LogP contribution in [0.4, 0.5) is 4.79 Å². The number of ether oxygens (including phenoxy) is 2. The summed E-state index contributed by atoms with van der Waals surface area (Å²) in [5.74, 6) is 0.235. The molecule has 0 aromatic heterocycles. The van der Waals surface area contributed by atoms with Gasteiger partial charge in [0.25, 0.3) is 0 Å². The molecule has 0 bridgehead atoms. The molecule has 23 heavy (non-hydrogen) atoms. The predicted molar refractivity (Wildman–Crippen MR) is 89.1 cm³/mol. The van der Waals surface area contributed by atoms with Gasteiger partial charge in [0.1, 0.15) is 5.75 Å². The van der Waals surface area contributed by atoms with Crippen LogP contribution in [0.3, 0.4) is 0 Å². The van der Waals surface area contributed by atoms with Crippen molar-refractivity contribution in [1.82, 2.24) is 10.6 Å². The number of urea groups is 1. The van der Waals surface area contributed by atoms with Crippen molar-refractivity contribution < 1.29 is 19.1 Å².